The van der Waals surface area contributed by atoms with Gasteiger partial charge in [0.25, 0.3) is 0 Å². The molecule has 0 aromatic carbocycles. The summed E-state index contributed by atoms with van der Waals surface area (Å²) in [6.07, 6.45) is -1.96. The highest BCUT2D eigenvalue weighted by Gasteiger charge is 2.42. The van der Waals surface area contributed by atoms with E-state index in [9.17, 15) is 21.6 Å². The average molecular weight is 395 g/mol. The number of carboxylic acids is 1. The molecule has 2 aliphatic rings. The van der Waals surface area contributed by atoms with E-state index < -0.39 is 22.2 Å². The molecule has 1 aromatic heterocycles. The maximum atomic E-state index is 11.5. The largest absolute Gasteiger partial charge is 0.490 e. The molecule has 146 valence electrons. The second kappa shape index (κ2) is 7.89. The van der Waals surface area contributed by atoms with E-state index in [0.29, 0.717) is 24.9 Å². The summed E-state index contributed by atoms with van der Waals surface area (Å²) in [5.41, 5.74) is 1.09. The van der Waals surface area contributed by atoms with Gasteiger partial charge >= 0.3 is 12.1 Å². The van der Waals surface area contributed by atoms with Gasteiger partial charge in [-0.15, -0.1) is 0 Å². The van der Waals surface area contributed by atoms with Crippen LogP contribution in [0.25, 0.3) is 0 Å². The van der Waals surface area contributed by atoms with Gasteiger partial charge < -0.3 is 5.11 Å². The molecule has 0 bridgehead atoms. The van der Waals surface area contributed by atoms with Gasteiger partial charge in [-0.1, -0.05) is 6.07 Å². The number of hydrogen-bond donors (Lipinski definition) is 1. The fourth-order valence-corrected chi connectivity index (χ4v) is 4.09. The summed E-state index contributed by atoms with van der Waals surface area (Å²) in [5, 5.41) is 7.12. The summed E-state index contributed by atoms with van der Waals surface area (Å²) in [6, 6.07) is 5.97. The number of pyridine rings is 1. The molecule has 0 amide bonds. The zero-order valence-corrected chi connectivity index (χ0v) is 14.9. The highest BCUT2D eigenvalue weighted by molar-refractivity contribution is 7.88. The minimum Gasteiger partial charge on any atom is -0.475 e. The predicted octanol–water partition coefficient (Wildman–Crippen LogP) is 1.04. The van der Waals surface area contributed by atoms with Crippen LogP contribution in [0.4, 0.5) is 13.2 Å². The maximum absolute atomic E-state index is 11.5. The lowest BCUT2D eigenvalue weighted by molar-refractivity contribution is -0.192. The number of fused-ring (bicyclic) bond motifs is 1. The van der Waals surface area contributed by atoms with E-state index in [4.69, 9.17) is 9.90 Å². The van der Waals surface area contributed by atoms with Crippen molar-refractivity contribution < 1.29 is 31.5 Å². The van der Waals surface area contributed by atoms with E-state index in [2.05, 4.69) is 9.88 Å². The van der Waals surface area contributed by atoms with Gasteiger partial charge in [0.15, 0.2) is 0 Å². The molecule has 7 nitrogen and oxygen atoms in total. The standard InChI is InChI=1S/C13H19N3O2S.C2HF3O2/c1-19(17,18)16-8-11-6-15(7-12(11)9-16)10-13-4-2-3-5-14-13;3-2(4,5)1(6)7/h2-5,11-12H,6-10H2,1H3;(H,6,7)/t11-,12+;. The van der Waals surface area contributed by atoms with Gasteiger partial charge in [0.1, 0.15) is 0 Å². The van der Waals surface area contributed by atoms with Crippen molar-refractivity contribution in [2.75, 3.05) is 32.4 Å². The Morgan fingerprint density at radius 2 is 1.77 bits per heavy atom. The molecule has 1 aromatic rings. The van der Waals surface area contributed by atoms with Gasteiger partial charge in [-0.05, 0) is 24.0 Å². The molecule has 2 aliphatic heterocycles. The van der Waals surface area contributed by atoms with Crippen LogP contribution in [0.15, 0.2) is 24.4 Å². The first-order chi connectivity index (χ1) is 12.0. The Morgan fingerprint density at radius 3 is 2.15 bits per heavy atom. The zero-order chi connectivity index (χ0) is 19.5. The van der Waals surface area contributed by atoms with E-state index in [1.165, 1.54) is 6.26 Å². The SMILES string of the molecule is CS(=O)(=O)N1C[C@H]2CN(Cc3ccccn3)C[C@H]2C1.O=C(O)C(F)(F)F. The van der Waals surface area contributed by atoms with Gasteiger partial charge in [-0.2, -0.15) is 13.2 Å². The lowest BCUT2D eigenvalue weighted by Gasteiger charge is -2.19. The van der Waals surface area contributed by atoms with Crippen molar-refractivity contribution in [3.63, 3.8) is 0 Å². The Bertz CT molecular complexity index is 713. The van der Waals surface area contributed by atoms with Crippen LogP contribution in [0.2, 0.25) is 0 Å². The first-order valence-electron chi connectivity index (χ1n) is 7.84. The molecule has 2 fully saturated rings. The van der Waals surface area contributed by atoms with Crippen molar-refractivity contribution in [3.05, 3.63) is 30.1 Å². The van der Waals surface area contributed by atoms with Gasteiger partial charge in [-0.25, -0.2) is 17.5 Å². The van der Waals surface area contributed by atoms with Crippen molar-refractivity contribution in [2.24, 2.45) is 11.8 Å². The first-order valence-corrected chi connectivity index (χ1v) is 9.69. The van der Waals surface area contributed by atoms with E-state index in [-0.39, 0.29) is 0 Å². The van der Waals surface area contributed by atoms with Crippen LogP contribution in [-0.2, 0) is 21.4 Å². The predicted molar refractivity (Wildman–Crippen MR) is 86.6 cm³/mol. The van der Waals surface area contributed by atoms with Crippen LogP contribution >= 0.6 is 0 Å². The Hall–Kier alpha value is -1.72. The molecule has 2 atom stereocenters. The summed E-state index contributed by atoms with van der Waals surface area (Å²) in [5.74, 6) is -1.79. The number of sulfonamides is 1. The molecule has 11 heteroatoms. The Balaban J connectivity index is 0.000000298. The summed E-state index contributed by atoms with van der Waals surface area (Å²) >= 11 is 0. The van der Waals surface area contributed by atoms with E-state index in [1.807, 2.05) is 24.4 Å². The molecule has 3 rings (SSSR count). The van der Waals surface area contributed by atoms with Gasteiger partial charge in [0, 0.05) is 38.9 Å². The van der Waals surface area contributed by atoms with Crippen LogP contribution in [0.5, 0.6) is 0 Å². The zero-order valence-electron chi connectivity index (χ0n) is 14.1. The van der Waals surface area contributed by atoms with Crippen molar-refractivity contribution in [1.82, 2.24) is 14.2 Å². The fraction of sp³-hybridized carbons (Fsp3) is 0.600. The third kappa shape index (κ3) is 5.64. The number of nitrogens with zero attached hydrogens (tertiary/aromatic N) is 3. The van der Waals surface area contributed by atoms with Crippen molar-refractivity contribution in [3.8, 4) is 0 Å². The highest BCUT2D eigenvalue weighted by Crippen LogP contribution is 2.32. The number of aromatic nitrogens is 1. The summed E-state index contributed by atoms with van der Waals surface area (Å²) in [6.45, 7) is 4.19. The summed E-state index contributed by atoms with van der Waals surface area (Å²) in [4.78, 5) is 15.6. The van der Waals surface area contributed by atoms with E-state index in [1.54, 1.807) is 4.31 Å². The molecule has 1 N–H and O–H groups in total. The topological polar surface area (TPSA) is 90.8 Å². The molecule has 0 spiro atoms. The number of likely N-dealkylation sites (tertiary alicyclic amines) is 1. The van der Waals surface area contributed by atoms with Gasteiger partial charge in [-0.3, -0.25) is 9.88 Å². The minimum atomic E-state index is -5.08. The first kappa shape index (κ1) is 20.6. The average Bonchev–Trinajstić information content (AvgIpc) is 3.06. The molecule has 26 heavy (non-hydrogen) atoms. The molecular formula is C15H20F3N3O4S. The quantitative estimate of drug-likeness (QED) is 0.822. The third-order valence-corrected chi connectivity index (χ3v) is 5.59. The van der Waals surface area contributed by atoms with Gasteiger partial charge in [0.2, 0.25) is 10.0 Å². The van der Waals surface area contributed by atoms with E-state index in [0.717, 1.165) is 25.3 Å². The number of halogens is 3. The number of hydrogen-bond acceptors (Lipinski definition) is 5. The van der Waals surface area contributed by atoms with Crippen LogP contribution in [0.3, 0.4) is 0 Å². The number of carboxylic acid groups (broad SMARTS) is 1. The lowest BCUT2D eigenvalue weighted by atomic mass is 10.0. The van der Waals surface area contributed by atoms with Crippen LogP contribution < -0.4 is 0 Å². The van der Waals surface area contributed by atoms with Crippen LogP contribution in [0.1, 0.15) is 5.69 Å². The lowest BCUT2D eigenvalue weighted by Crippen LogP contribution is -2.32. The third-order valence-electron chi connectivity index (χ3n) is 4.35. The smallest absolute Gasteiger partial charge is 0.475 e. The molecule has 3 heterocycles. The molecule has 0 radical (unpaired) electrons. The molecule has 0 saturated carbocycles. The second-order valence-electron chi connectivity index (χ2n) is 6.42. The Labute approximate surface area is 149 Å². The highest BCUT2D eigenvalue weighted by atomic mass is 32.2. The van der Waals surface area contributed by atoms with Crippen LogP contribution in [-0.4, -0.2) is 72.3 Å². The summed E-state index contributed by atoms with van der Waals surface area (Å²) in [7, 11) is -3.02. The molecular weight excluding hydrogens is 375 g/mol. The number of alkyl halides is 3. The van der Waals surface area contributed by atoms with Gasteiger partial charge in [0.05, 0.1) is 11.9 Å². The van der Waals surface area contributed by atoms with E-state index >= 15 is 0 Å². The molecule has 0 aliphatic carbocycles. The van der Waals surface area contributed by atoms with Crippen LogP contribution in [0, 0.1) is 11.8 Å². The number of aliphatic carboxylic acids is 1. The summed E-state index contributed by atoms with van der Waals surface area (Å²) < 4.78 is 56.4. The van der Waals surface area contributed by atoms with Crippen molar-refractivity contribution in [1.29, 1.82) is 0 Å². The van der Waals surface area contributed by atoms with Crippen molar-refractivity contribution >= 4 is 16.0 Å². The number of carbonyl (C=O) groups is 1. The maximum Gasteiger partial charge on any atom is 0.490 e. The Morgan fingerprint density at radius 1 is 1.23 bits per heavy atom. The normalized spacial score (nSPS) is 24.0. The minimum absolute atomic E-state index is 0.485. The molecule has 0 unspecified atom stereocenters. The number of rotatable bonds is 3. The fourth-order valence-electron chi connectivity index (χ4n) is 3.17. The van der Waals surface area contributed by atoms with Crippen molar-refractivity contribution in [2.45, 2.75) is 12.7 Å². The second-order valence-corrected chi connectivity index (χ2v) is 8.40. The molecule has 2 saturated heterocycles. The Kier molecular flexibility index (Phi) is 6.25. The monoisotopic (exact) mass is 395 g/mol.